The van der Waals surface area contributed by atoms with E-state index in [0.717, 1.165) is 13.0 Å². The van der Waals surface area contributed by atoms with Crippen molar-refractivity contribution in [2.45, 2.75) is 96.8 Å². The Bertz CT molecular complexity index is 552. The van der Waals surface area contributed by atoms with Crippen molar-refractivity contribution in [2.24, 2.45) is 0 Å². The van der Waals surface area contributed by atoms with Gasteiger partial charge in [-0.25, -0.2) is 0 Å². The van der Waals surface area contributed by atoms with Crippen LogP contribution in [0.4, 0.5) is 5.69 Å². The molecule has 0 saturated carbocycles. The first kappa shape index (κ1) is 26.1. The predicted octanol–water partition coefficient (Wildman–Crippen LogP) is 8.00. The number of hydrogen-bond donors (Lipinski definition) is 2. The van der Waals surface area contributed by atoms with Crippen LogP contribution < -0.4 is 10.6 Å². The van der Waals surface area contributed by atoms with Crippen LogP contribution in [-0.4, -0.2) is 19.0 Å². The summed E-state index contributed by atoms with van der Waals surface area (Å²) in [6.45, 7) is 3.22. The van der Waals surface area contributed by atoms with Crippen LogP contribution in [0.2, 0.25) is 10.0 Å². The van der Waals surface area contributed by atoms with Crippen LogP contribution in [0.15, 0.2) is 18.2 Å². The summed E-state index contributed by atoms with van der Waals surface area (Å²) in [4.78, 5) is 11.9. The summed E-state index contributed by atoms with van der Waals surface area (Å²) in [6.07, 6.45) is 18.8. The maximum atomic E-state index is 11.9. The molecule has 0 aliphatic rings. The molecule has 0 radical (unpaired) electrons. The summed E-state index contributed by atoms with van der Waals surface area (Å²) < 4.78 is 0. The molecule has 0 heterocycles. The third kappa shape index (κ3) is 13.8. The van der Waals surface area contributed by atoms with Gasteiger partial charge in [-0.05, 0) is 18.6 Å². The Balaban J connectivity index is 1.86. The number of halogens is 2. The molecule has 0 atom stereocenters. The SMILES string of the molecule is CCCCCCCCCCCCCCCCNC(=O)CNc1cccc(Cl)c1Cl. The van der Waals surface area contributed by atoms with E-state index in [1.165, 1.54) is 83.5 Å². The van der Waals surface area contributed by atoms with Gasteiger partial charge in [0, 0.05) is 6.54 Å². The average molecular weight is 444 g/mol. The lowest BCUT2D eigenvalue weighted by Crippen LogP contribution is -2.30. The van der Waals surface area contributed by atoms with Gasteiger partial charge in [0.1, 0.15) is 0 Å². The fourth-order valence-electron chi connectivity index (χ4n) is 3.43. The first-order valence-electron chi connectivity index (χ1n) is 11.6. The Morgan fingerprint density at radius 2 is 1.31 bits per heavy atom. The number of carbonyl (C=O) groups is 1. The van der Waals surface area contributed by atoms with Crippen molar-refractivity contribution >= 4 is 34.8 Å². The van der Waals surface area contributed by atoms with Crippen LogP contribution in [0, 0.1) is 0 Å². The van der Waals surface area contributed by atoms with E-state index in [1.807, 2.05) is 12.1 Å². The second-order valence-electron chi connectivity index (χ2n) is 7.90. The molecule has 0 saturated heterocycles. The van der Waals surface area contributed by atoms with Crippen molar-refractivity contribution < 1.29 is 4.79 Å². The second kappa shape index (κ2) is 17.9. The molecule has 0 spiro atoms. The fraction of sp³-hybridized carbons (Fsp3) is 0.708. The fourth-order valence-corrected chi connectivity index (χ4v) is 3.79. The number of rotatable bonds is 18. The van der Waals surface area contributed by atoms with E-state index in [0.29, 0.717) is 15.7 Å². The van der Waals surface area contributed by atoms with Crippen molar-refractivity contribution in [3.8, 4) is 0 Å². The lowest BCUT2D eigenvalue weighted by Gasteiger charge is -2.10. The van der Waals surface area contributed by atoms with Gasteiger partial charge in [0.05, 0.1) is 22.3 Å². The molecule has 1 rings (SSSR count). The lowest BCUT2D eigenvalue weighted by molar-refractivity contribution is -0.119. The van der Waals surface area contributed by atoms with Crippen molar-refractivity contribution in [1.29, 1.82) is 0 Å². The van der Waals surface area contributed by atoms with E-state index < -0.39 is 0 Å². The summed E-state index contributed by atoms with van der Waals surface area (Å²) in [5.41, 5.74) is 0.686. The Morgan fingerprint density at radius 3 is 1.86 bits per heavy atom. The summed E-state index contributed by atoms with van der Waals surface area (Å²) in [5, 5.41) is 6.92. The zero-order valence-corrected chi connectivity index (χ0v) is 19.7. The van der Waals surface area contributed by atoms with Crippen molar-refractivity contribution in [3.05, 3.63) is 28.2 Å². The highest BCUT2D eigenvalue weighted by Crippen LogP contribution is 2.29. The minimum Gasteiger partial charge on any atom is -0.375 e. The van der Waals surface area contributed by atoms with Gasteiger partial charge in [0.15, 0.2) is 0 Å². The molecule has 0 fully saturated rings. The first-order chi connectivity index (χ1) is 14.1. The van der Waals surface area contributed by atoms with Gasteiger partial charge < -0.3 is 10.6 Å². The van der Waals surface area contributed by atoms with Gasteiger partial charge in [-0.3, -0.25) is 4.79 Å². The molecule has 0 aliphatic carbocycles. The number of hydrogen-bond acceptors (Lipinski definition) is 2. The molecular formula is C24H40Cl2N2O. The van der Waals surface area contributed by atoms with Gasteiger partial charge in [-0.2, -0.15) is 0 Å². The topological polar surface area (TPSA) is 41.1 Å². The molecule has 1 aromatic rings. The highest BCUT2D eigenvalue weighted by Gasteiger charge is 2.06. The number of nitrogens with one attached hydrogen (secondary N) is 2. The minimum atomic E-state index is -0.0178. The molecule has 29 heavy (non-hydrogen) atoms. The van der Waals surface area contributed by atoms with E-state index in [-0.39, 0.29) is 12.5 Å². The van der Waals surface area contributed by atoms with Gasteiger partial charge in [0.25, 0.3) is 0 Å². The molecule has 0 aliphatic heterocycles. The molecule has 166 valence electrons. The molecule has 3 nitrogen and oxygen atoms in total. The number of benzene rings is 1. The van der Waals surface area contributed by atoms with Gasteiger partial charge in [0.2, 0.25) is 5.91 Å². The smallest absolute Gasteiger partial charge is 0.239 e. The molecule has 0 aromatic heterocycles. The van der Waals surface area contributed by atoms with Crippen LogP contribution in [0.5, 0.6) is 0 Å². The second-order valence-corrected chi connectivity index (χ2v) is 8.69. The van der Waals surface area contributed by atoms with E-state index in [4.69, 9.17) is 23.2 Å². The maximum Gasteiger partial charge on any atom is 0.239 e. The molecule has 2 N–H and O–H groups in total. The lowest BCUT2D eigenvalue weighted by atomic mass is 10.0. The van der Waals surface area contributed by atoms with E-state index in [9.17, 15) is 4.79 Å². The molecular weight excluding hydrogens is 403 g/mol. The number of amides is 1. The summed E-state index contributed by atoms with van der Waals surface area (Å²) in [6, 6.07) is 5.35. The van der Waals surface area contributed by atoms with Crippen molar-refractivity contribution in [1.82, 2.24) is 5.32 Å². The normalized spacial score (nSPS) is 10.9. The van der Waals surface area contributed by atoms with E-state index in [2.05, 4.69) is 17.6 Å². The van der Waals surface area contributed by atoms with Crippen LogP contribution in [-0.2, 0) is 4.79 Å². The molecule has 0 unspecified atom stereocenters. The Hall–Kier alpha value is -0.930. The van der Waals surface area contributed by atoms with Crippen molar-refractivity contribution in [2.75, 3.05) is 18.4 Å². The van der Waals surface area contributed by atoms with Crippen LogP contribution in [0.25, 0.3) is 0 Å². The molecule has 5 heteroatoms. The van der Waals surface area contributed by atoms with Crippen molar-refractivity contribution in [3.63, 3.8) is 0 Å². The summed E-state index contributed by atoms with van der Waals surface area (Å²) in [7, 11) is 0. The first-order valence-corrected chi connectivity index (χ1v) is 12.3. The molecule has 0 bridgehead atoms. The number of anilines is 1. The highest BCUT2D eigenvalue weighted by molar-refractivity contribution is 6.43. The number of carbonyl (C=O) groups excluding carboxylic acids is 1. The zero-order valence-electron chi connectivity index (χ0n) is 18.2. The summed E-state index contributed by atoms with van der Waals surface area (Å²) >= 11 is 12.1. The standard InChI is InChI=1S/C24H40Cl2N2O/c1-2-3-4-5-6-7-8-9-10-11-12-13-14-15-19-27-23(29)20-28-22-18-16-17-21(25)24(22)26/h16-18,28H,2-15,19-20H2,1H3,(H,27,29). The number of unbranched alkanes of at least 4 members (excludes halogenated alkanes) is 13. The Labute approximate surface area is 188 Å². The van der Waals surface area contributed by atoms with Crippen LogP contribution in [0.3, 0.4) is 0 Å². The minimum absolute atomic E-state index is 0.0178. The monoisotopic (exact) mass is 442 g/mol. The van der Waals surface area contributed by atoms with Gasteiger partial charge >= 0.3 is 0 Å². The summed E-state index contributed by atoms with van der Waals surface area (Å²) in [5.74, 6) is -0.0178. The highest BCUT2D eigenvalue weighted by atomic mass is 35.5. The van der Waals surface area contributed by atoms with Gasteiger partial charge in [-0.1, -0.05) is 120 Å². The zero-order chi connectivity index (χ0) is 21.2. The quantitative estimate of drug-likeness (QED) is 0.226. The van der Waals surface area contributed by atoms with Gasteiger partial charge in [-0.15, -0.1) is 0 Å². The van der Waals surface area contributed by atoms with E-state index in [1.54, 1.807) is 6.07 Å². The Kier molecular flexibility index (Phi) is 16.1. The Morgan fingerprint density at radius 1 is 0.793 bits per heavy atom. The van der Waals surface area contributed by atoms with E-state index >= 15 is 0 Å². The third-order valence-corrected chi connectivity index (χ3v) is 6.06. The average Bonchev–Trinajstić information content (AvgIpc) is 2.72. The molecule has 1 amide bonds. The van der Waals surface area contributed by atoms with Crippen LogP contribution in [0.1, 0.15) is 96.8 Å². The predicted molar refractivity (Wildman–Crippen MR) is 128 cm³/mol. The molecule has 1 aromatic carbocycles. The maximum absolute atomic E-state index is 11.9. The largest absolute Gasteiger partial charge is 0.375 e. The third-order valence-electron chi connectivity index (χ3n) is 5.24. The van der Waals surface area contributed by atoms with Crippen LogP contribution >= 0.6 is 23.2 Å².